The van der Waals surface area contributed by atoms with E-state index in [1.54, 1.807) is 18.2 Å². The Labute approximate surface area is 140 Å². The van der Waals surface area contributed by atoms with Crippen molar-refractivity contribution in [2.24, 2.45) is 5.92 Å². The Kier molecular flexibility index (Phi) is 6.06. The second-order valence-corrected chi connectivity index (χ2v) is 6.74. The summed E-state index contributed by atoms with van der Waals surface area (Å²) in [4.78, 5) is 0. The van der Waals surface area contributed by atoms with Crippen LogP contribution in [0.15, 0.2) is 46.9 Å². The number of rotatable bonds is 5. The molecule has 0 nitrogen and oxygen atoms in total. The monoisotopic (exact) mass is 418 g/mol. The summed E-state index contributed by atoms with van der Waals surface area (Å²) in [6, 6.07) is 13.4. The Balaban J connectivity index is 2.11. The van der Waals surface area contributed by atoms with Crippen molar-refractivity contribution in [1.29, 1.82) is 0 Å². The average Bonchev–Trinajstić information content (AvgIpc) is 2.43. The van der Waals surface area contributed by atoms with Gasteiger partial charge in [-0.3, -0.25) is 0 Å². The van der Waals surface area contributed by atoms with Gasteiger partial charge in [-0.05, 0) is 48.1 Å². The van der Waals surface area contributed by atoms with Gasteiger partial charge in [0.1, 0.15) is 5.82 Å². The van der Waals surface area contributed by atoms with Crippen molar-refractivity contribution in [2.75, 3.05) is 5.33 Å². The number of benzene rings is 2. The van der Waals surface area contributed by atoms with Crippen molar-refractivity contribution in [3.8, 4) is 0 Å². The summed E-state index contributed by atoms with van der Waals surface area (Å²) in [5.74, 6) is 0.0339. The summed E-state index contributed by atoms with van der Waals surface area (Å²) in [6.45, 7) is 0. The van der Waals surface area contributed by atoms with E-state index in [2.05, 4.69) is 44.0 Å². The first-order chi connectivity index (χ1) is 9.60. The maximum atomic E-state index is 13.9. The van der Waals surface area contributed by atoms with Crippen LogP contribution in [0.1, 0.15) is 11.1 Å². The maximum absolute atomic E-state index is 13.9. The van der Waals surface area contributed by atoms with Crippen molar-refractivity contribution in [1.82, 2.24) is 0 Å². The van der Waals surface area contributed by atoms with Crippen LogP contribution in [0.3, 0.4) is 0 Å². The van der Waals surface area contributed by atoms with E-state index in [4.69, 9.17) is 11.6 Å². The van der Waals surface area contributed by atoms with Crippen LogP contribution in [-0.4, -0.2) is 5.33 Å². The molecule has 0 aliphatic carbocycles. The van der Waals surface area contributed by atoms with Crippen molar-refractivity contribution < 1.29 is 4.39 Å². The molecular formula is C16H14Br2ClF. The minimum atomic E-state index is -0.297. The van der Waals surface area contributed by atoms with E-state index in [9.17, 15) is 4.39 Å². The van der Waals surface area contributed by atoms with Gasteiger partial charge >= 0.3 is 0 Å². The second kappa shape index (κ2) is 7.58. The molecule has 0 aliphatic rings. The SMILES string of the molecule is Fc1c(Cl)cccc1CC(CBr)Cc1cccc(Br)c1. The summed E-state index contributed by atoms with van der Waals surface area (Å²) < 4.78 is 15.0. The van der Waals surface area contributed by atoms with Gasteiger partial charge in [0.2, 0.25) is 0 Å². The molecule has 4 heteroatoms. The maximum Gasteiger partial charge on any atom is 0.144 e. The number of halogens is 4. The van der Waals surface area contributed by atoms with Gasteiger partial charge in [-0.2, -0.15) is 0 Å². The largest absolute Gasteiger partial charge is 0.205 e. The molecule has 106 valence electrons. The Morgan fingerprint density at radius 3 is 2.55 bits per heavy atom. The lowest BCUT2D eigenvalue weighted by Crippen LogP contribution is -2.11. The van der Waals surface area contributed by atoms with Crippen LogP contribution in [-0.2, 0) is 12.8 Å². The molecule has 0 amide bonds. The van der Waals surface area contributed by atoms with Crippen molar-refractivity contribution >= 4 is 43.5 Å². The fourth-order valence-electron chi connectivity index (χ4n) is 2.20. The second-order valence-electron chi connectivity index (χ2n) is 4.77. The van der Waals surface area contributed by atoms with E-state index >= 15 is 0 Å². The van der Waals surface area contributed by atoms with Crippen LogP contribution in [0.25, 0.3) is 0 Å². The Hall–Kier alpha value is -0.380. The first-order valence-corrected chi connectivity index (χ1v) is 8.62. The molecule has 20 heavy (non-hydrogen) atoms. The first kappa shape index (κ1) is 16.0. The highest BCUT2D eigenvalue weighted by atomic mass is 79.9. The van der Waals surface area contributed by atoms with Gasteiger partial charge < -0.3 is 0 Å². The lowest BCUT2D eigenvalue weighted by atomic mass is 9.94. The highest BCUT2D eigenvalue weighted by molar-refractivity contribution is 9.10. The first-order valence-electron chi connectivity index (χ1n) is 6.33. The van der Waals surface area contributed by atoms with Crippen LogP contribution in [0.4, 0.5) is 4.39 Å². The van der Waals surface area contributed by atoms with E-state index < -0.39 is 0 Å². The van der Waals surface area contributed by atoms with Crippen LogP contribution in [0, 0.1) is 11.7 Å². The molecule has 0 spiro atoms. The molecular weight excluding hydrogens is 406 g/mol. The quantitative estimate of drug-likeness (QED) is 0.518. The Morgan fingerprint density at radius 1 is 1.10 bits per heavy atom. The summed E-state index contributed by atoms with van der Waals surface area (Å²) in [5, 5.41) is 1.02. The van der Waals surface area contributed by atoms with Crippen molar-refractivity contribution in [2.45, 2.75) is 12.8 Å². The van der Waals surface area contributed by atoms with Gasteiger partial charge in [-0.15, -0.1) is 0 Å². The minimum Gasteiger partial charge on any atom is -0.205 e. The van der Waals surface area contributed by atoms with Gasteiger partial charge in [0.25, 0.3) is 0 Å². The summed E-state index contributed by atoms with van der Waals surface area (Å²) >= 11 is 12.8. The number of alkyl halides is 1. The summed E-state index contributed by atoms with van der Waals surface area (Å²) in [6.07, 6.45) is 1.57. The molecule has 0 fully saturated rings. The molecule has 2 aromatic carbocycles. The van der Waals surface area contributed by atoms with Crippen LogP contribution < -0.4 is 0 Å². The average molecular weight is 421 g/mol. The molecule has 0 aromatic heterocycles. The minimum absolute atomic E-state index is 0.193. The zero-order chi connectivity index (χ0) is 14.5. The lowest BCUT2D eigenvalue weighted by Gasteiger charge is -2.15. The van der Waals surface area contributed by atoms with Gasteiger partial charge in [0.05, 0.1) is 5.02 Å². The van der Waals surface area contributed by atoms with Gasteiger partial charge in [-0.25, -0.2) is 4.39 Å². The number of hydrogen-bond acceptors (Lipinski definition) is 0. The van der Waals surface area contributed by atoms with Crippen molar-refractivity contribution in [3.63, 3.8) is 0 Å². The molecule has 0 bridgehead atoms. The summed E-state index contributed by atoms with van der Waals surface area (Å²) in [5.41, 5.74) is 1.92. The van der Waals surface area contributed by atoms with Gasteiger partial charge in [0, 0.05) is 9.80 Å². The number of hydrogen-bond donors (Lipinski definition) is 0. The zero-order valence-corrected chi connectivity index (χ0v) is 14.7. The third-order valence-electron chi connectivity index (χ3n) is 3.17. The summed E-state index contributed by atoms with van der Waals surface area (Å²) in [7, 11) is 0. The van der Waals surface area contributed by atoms with Crippen LogP contribution in [0.5, 0.6) is 0 Å². The highest BCUT2D eigenvalue weighted by Gasteiger charge is 2.14. The molecule has 0 saturated carbocycles. The third kappa shape index (κ3) is 4.31. The predicted octanol–water partition coefficient (Wildman–Crippen LogP) is 6.04. The fourth-order valence-corrected chi connectivity index (χ4v) is 3.29. The smallest absolute Gasteiger partial charge is 0.144 e. The molecule has 0 saturated heterocycles. The van der Waals surface area contributed by atoms with Crippen molar-refractivity contribution in [3.05, 3.63) is 68.9 Å². The molecule has 2 rings (SSSR count). The van der Waals surface area contributed by atoms with E-state index in [1.807, 2.05) is 12.1 Å². The standard InChI is InChI=1S/C16H14Br2ClF/c17-10-12(7-11-3-1-5-14(18)9-11)8-13-4-2-6-15(19)16(13)20/h1-6,9,12H,7-8,10H2. The van der Waals surface area contributed by atoms with Gasteiger partial charge in [-0.1, -0.05) is 67.7 Å². The molecule has 2 aromatic rings. The van der Waals surface area contributed by atoms with Gasteiger partial charge in [0.15, 0.2) is 0 Å². The van der Waals surface area contributed by atoms with E-state index in [0.29, 0.717) is 17.9 Å². The Morgan fingerprint density at radius 2 is 1.85 bits per heavy atom. The predicted molar refractivity (Wildman–Crippen MR) is 90.2 cm³/mol. The molecule has 1 unspecified atom stereocenters. The highest BCUT2D eigenvalue weighted by Crippen LogP contribution is 2.24. The van der Waals surface area contributed by atoms with E-state index in [1.165, 1.54) is 5.56 Å². The molecule has 0 heterocycles. The van der Waals surface area contributed by atoms with Crippen LogP contribution in [0.2, 0.25) is 5.02 Å². The van der Waals surface area contributed by atoms with E-state index in [0.717, 1.165) is 16.2 Å². The molecule has 0 N–H and O–H groups in total. The fraction of sp³-hybridized carbons (Fsp3) is 0.250. The topological polar surface area (TPSA) is 0 Å². The molecule has 0 aliphatic heterocycles. The molecule has 1 atom stereocenters. The lowest BCUT2D eigenvalue weighted by molar-refractivity contribution is 0.550. The Bertz CT molecular complexity index is 586. The van der Waals surface area contributed by atoms with E-state index in [-0.39, 0.29) is 10.8 Å². The zero-order valence-electron chi connectivity index (χ0n) is 10.8. The third-order valence-corrected chi connectivity index (χ3v) is 4.87. The molecule has 0 radical (unpaired) electrons. The normalized spacial score (nSPS) is 12.4. The van der Waals surface area contributed by atoms with Crippen LogP contribution >= 0.6 is 43.5 Å².